The van der Waals surface area contributed by atoms with Gasteiger partial charge in [0.05, 0.1) is 7.11 Å². The summed E-state index contributed by atoms with van der Waals surface area (Å²) in [7, 11) is 3.99. The third-order valence-electron chi connectivity index (χ3n) is 2.21. The summed E-state index contributed by atoms with van der Waals surface area (Å²) < 4.78 is 9.46. The Balaban J connectivity index is -0.000000410. The minimum atomic E-state index is -0.494. The molecular weight excluding hydrogens is 316 g/mol. The number of ether oxygens (including phenoxy) is 2. The Kier molecular flexibility index (Phi) is 19.7. The Morgan fingerprint density at radius 1 is 1.08 bits per heavy atom. The van der Waals surface area contributed by atoms with E-state index < -0.39 is 11.7 Å². The van der Waals surface area contributed by atoms with Gasteiger partial charge in [-0.25, -0.2) is 4.79 Å². The molecular formula is C16H34N2O6. The van der Waals surface area contributed by atoms with Crippen molar-refractivity contribution in [2.75, 3.05) is 27.8 Å². The minimum absolute atomic E-state index is 0.127. The number of methoxy groups -OCH3 is 1. The van der Waals surface area contributed by atoms with Crippen LogP contribution in [0.25, 0.3) is 0 Å². The van der Waals surface area contributed by atoms with Crippen molar-refractivity contribution in [2.45, 2.75) is 59.0 Å². The highest BCUT2D eigenvalue weighted by Crippen LogP contribution is 2.06. The quantitative estimate of drug-likeness (QED) is 0.495. The number of hydrogen-bond donors (Lipinski definition) is 3. The highest BCUT2D eigenvalue weighted by atomic mass is 16.6. The lowest BCUT2D eigenvalue weighted by atomic mass is 10.2. The summed E-state index contributed by atoms with van der Waals surface area (Å²) in [6, 6.07) is 0. The Morgan fingerprint density at radius 2 is 1.62 bits per heavy atom. The minimum Gasteiger partial charge on any atom is -0.469 e. The first kappa shape index (κ1) is 27.0. The van der Waals surface area contributed by atoms with Crippen molar-refractivity contribution >= 4 is 18.0 Å². The zero-order valence-corrected chi connectivity index (χ0v) is 16.0. The Morgan fingerprint density at radius 3 is 1.96 bits per heavy atom. The van der Waals surface area contributed by atoms with E-state index in [9.17, 15) is 14.4 Å². The van der Waals surface area contributed by atoms with E-state index >= 15 is 0 Å². The first-order chi connectivity index (χ1) is 11.2. The molecule has 8 nitrogen and oxygen atoms in total. The molecule has 0 saturated carbocycles. The normalized spacial score (nSPS) is 9.33. The van der Waals surface area contributed by atoms with Crippen LogP contribution in [-0.4, -0.2) is 56.5 Å². The molecule has 0 aliphatic carbocycles. The molecule has 144 valence electrons. The molecule has 0 aromatic carbocycles. The van der Waals surface area contributed by atoms with Crippen molar-refractivity contribution in [1.29, 1.82) is 0 Å². The summed E-state index contributed by atoms with van der Waals surface area (Å²) in [4.78, 5) is 32.1. The first-order valence-corrected chi connectivity index (χ1v) is 7.85. The monoisotopic (exact) mass is 350 g/mol. The maximum absolute atomic E-state index is 11.1. The zero-order chi connectivity index (χ0) is 19.6. The smallest absolute Gasteiger partial charge is 0.407 e. The van der Waals surface area contributed by atoms with Crippen LogP contribution in [0.15, 0.2) is 0 Å². The zero-order valence-electron chi connectivity index (χ0n) is 16.0. The largest absolute Gasteiger partial charge is 0.469 e. The molecule has 0 heterocycles. The van der Waals surface area contributed by atoms with Crippen LogP contribution in [0.2, 0.25) is 0 Å². The fraction of sp³-hybridized carbons (Fsp3) is 0.812. The topological polar surface area (TPSA) is 114 Å². The van der Waals surface area contributed by atoms with Crippen LogP contribution in [0, 0.1) is 0 Å². The van der Waals surface area contributed by atoms with Gasteiger partial charge in [0, 0.05) is 33.5 Å². The van der Waals surface area contributed by atoms with E-state index in [0.717, 1.165) is 13.5 Å². The van der Waals surface area contributed by atoms with Crippen LogP contribution in [0.1, 0.15) is 53.4 Å². The number of hydrogen-bond acceptors (Lipinski definition) is 6. The highest BCUT2D eigenvalue weighted by molar-refractivity contribution is 5.75. The number of rotatable bonds is 6. The molecule has 0 saturated heterocycles. The molecule has 0 aliphatic rings. The van der Waals surface area contributed by atoms with Gasteiger partial charge in [0.1, 0.15) is 5.60 Å². The summed E-state index contributed by atoms with van der Waals surface area (Å²) in [6.45, 7) is 7.77. The maximum Gasteiger partial charge on any atom is 0.407 e. The molecule has 0 atom stereocenters. The van der Waals surface area contributed by atoms with Crippen LogP contribution in [0.3, 0.4) is 0 Å². The van der Waals surface area contributed by atoms with Gasteiger partial charge < -0.3 is 25.2 Å². The molecule has 0 aromatic rings. The number of carbonyl (C=O) groups is 3. The molecule has 8 heteroatoms. The van der Waals surface area contributed by atoms with E-state index in [0.29, 0.717) is 25.8 Å². The second-order valence-electron chi connectivity index (χ2n) is 5.53. The van der Waals surface area contributed by atoms with Crippen molar-refractivity contribution in [2.24, 2.45) is 0 Å². The number of carbonyl (C=O) groups excluding carboxylic acids is 3. The molecule has 24 heavy (non-hydrogen) atoms. The molecule has 0 unspecified atom stereocenters. The van der Waals surface area contributed by atoms with Gasteiger partial charge in [-0.2, -0.15) is 0 Å². The number of aliphatic hydroxyl groups excluding tert-OH is 1. The Labute approximate surface area is 145 Å². The molecule has 3 N–H and O–H groups in total. The van der Waals surface area contributed by atoms with Gasteiger partial charge in [-0.15, -0.1) is 0 Å². The summed E-state index contributed by atoms with van der Waals surface area (Å²) in [6.07, 6.45) is 1.96. The lowest BCUT2D eigenvalue weighted by Gasteiger charge is -2.19. The second kappa shape index (κ2) is 17.5. The third kappa shape index (κ3) is 25.1. The maximum atomic E-state index is 11.1. The predicted octanol–water partition coefficient (Wildman–Crippen LogP) is 1.61. The average molecular weight is 350 g/mol. The van der Waals surface area contributed by atoms with Crippen molar-refractivity contribution in [3.63, 3.8) is 0 Å². The van der Waals surface area contributed by atoms with E-state index in [-0.39, 0.29) is 11.9 Å². The molecule has 0 rings (SSSR count). The lowest BCUT2D eigenvalue weighted by Crippen LogP contribution is -2.33. The number of alkyl carbamates (subject to hydrolysis) is 1. The molecule has 0 aliphatic heterocycles. The molecule has 0 spiro atoms. The number of esters is 1. The SMILES string of the molecule is CCCC(=O)NC.CO.COC(=O)CCCNC(=O)OC(C)(C)C. The summed E-state index contributed by atoms with van der Waals surface area (Å²) >= 11 is 0. The molecule has 0 fully saturated rings. The van der Waals surface area contributed by atoms with Gasteiger partial charge >= 0.3 is 12.1 Å². The van der Waals surface area contributed by atoms with Gasteiger partial charge in [0.15, 0.2) is 0 Å². The van der Waals surface area contributed by atoms with Crippen molar-refractivity contribution in [1.82, 2.24) is 10.6 Å². The van der Waals surface area contributed by atoms with Gasteiger partial charge in [0.2, 0.25) is 5.91 Å². The lowest BCUT2D eigenvalue weighted by molar-refractivity contribution is -0.140. The summed E-state index contributed by atoms with van der Waals surface area (Å²) in [5, 5.41) is 12.1. The molecule has 0 aromatic heterocycles. The van der Waals surface area contributed by atoms with Crippen LogP contribution in [0.4, 0.5) is 4.79 Å². The van der Waals surface area contributed by atoms with Gasteiger partial charge in [-0.05, 0) is 33.6 Å². The van der Waals surface area contributed by atoms with Crippen molar-refractivity contribution in [3.05, 3.63) is 0 Å². The van der Waals surface area contributed by atoms with Crippen LogP contribution in [0.5, 0.6) is 0 Å². The van der Waals surface area contributed by atoms with Crippen molar-refractivity contribution < 1.29 is 29.0 Å². The van der Waals surface area contributed by atoms with E-state index in [1.54, 1.807) is 27.8 Å². The Hall–Kier alpha value is -1.83. The van der Waals surface area contributed by atoms with E-state index in [2.05, 4.69) is 15.4 Å². The number of aliphatic hydroxyl groups is 1. The fourth-order valence-electron chi connectivity index (χ4n) is 1.19. The fourth-order valence-corrected chi connectivity index (χ4v) is 1.19. The van der Waals surface area contributed by atoms with Gasteiger partial charge in [-0.3, -0.25) is 9.59 Å². The van der Waals surface area contributed by atoms with Gasteiger partial charge in [-0.1, -0.05) is 6.92 Å². The summed E-state index contributed by atoms with van der Waals surface area (Å²) in [5.41, 5.74) is -0.494. The van der Waals surface area contributed by atoms with Crippen LogP contribution < -0.4 is 10.6 Å². The first-order valence-electron chi connectivity index (χ1n) is 7.85. The number of amides is 2. The van der Waals surface area contributed by atoms with Crippen LogP contribution in [-0.2, 0) is 19.1 Å². The molecule has 0 radical (unpaired) electrons. The number of nitrogens with one attached hydrogen (secondary N) is 2. The van der Waals surface area contributed by atoms with Crippen molar-refractivity contribution in [3.8, 4) is 0 Å². The Bertz CT molecular complexity index is 340. The standard InChI is InChI=1S/C10H19NO4.C5H11NO.CH4O/c1-10(2,3)15-9(13)11-7-5-6-8(12)14-4;1-3-4-5(7)6-2;1-2/h5-7H2,1-4H3,(H,11,13);3-4H2,1-2H3,(H,6,7);2H,1H3. The molecule has 2 amide bonds. The van der Waals surface area contributed by atoms with E-state index in [1.165, 1.54) is 7.11 Å². The predicted molar refractivity (Wildman–Crippen MR) is 92.6 cm³/mol. The van der Waals surface area contributed by atoms with Crippen LogP contribution >= 0.6 is 0 Å². The summed E-state index contributed by atoms with van der Waals surface area (Å²) in [5.74, 6) is -0.150. The van der Waals surface area contributed by atoms with Gasteiger partial charge in [0.25, 0.3) is 0 Å². The van der Waals surface area contributed by atoms with E-state index in [1.807, 2.05) is 6.92 Å². The third-order valence-corrected chi connectivity index (χ3v) is 2.21. The second-order valence-corrected chi connectivity index (χ2v) is 5.53. The van der Waals surface area contributed by atoms with E-state index in [4.69, 9.17) is 9.84 Å². The molecule has 0 bridgehead atoms. The highest BCUT2D eigenvalue weighted by Gasteiger charge is 2.15. The average Bonchev–Trinajstić information content (AvgIpc) is 2.52.